The molecule has 130 valence electrons. The summed E-state index contributed by atoms with van der Waals surface area (Å²) in [6, 6.07) is 8.21. The summed E-state index contributed by atoms with van der Waals surface area (Å²) in [7, 11) is 1.69. The Kier molecular flexibility index (Phi) is 4.38. The molecule has 1 aromatic carbocycles. The van der Waals surface area contributed by atoms with Crippen LogP contribution in [-0.4, -0.2) is 44.1 Å². The zero-order valence-electron chi connectivity index (χ0n) is 14.6. The van der Waals surface area contributed by atoms with Crippen LogP contribution in [0.25, 0.3) is 0 Å². The number of hydrogen-bond acceptors (Lipinski definition) is 3. The SMILES string of the molecule is COc1ccc(N2CCN(C(=O)C[C@H]3C[C@H]4CC[C@@H]3C4)CC2)cc1. The van der Waals surface area contributed by atoms with E-state index in [1.807, 2.05) is 12.1 Å². The fourth-order valence-corrected chi connectivity index (χ4v) is 4.99. The van der Waals surface area contributed by atoms with E-state index in [2.05, 4.69) is 21.9 Å². The van der Waals surface area contributed by atoms with Crippen LogP contribution in [0, 0.1) is 17.8 Å². The molecule has 3 aliphatic rings. The Balaban J connectivity index is 1.28. The molecule has 1 amide bonds. The topological polar surface area (TPSA) is 32.8 Å². The second kappa shape index (κ2) is 6.66. The first kappa shape index (κ1) is 15.8. The second-order valence-electron chi connectivity index (χ2n) is 7.70. The van der Waals surface area contributed by atoms with Crippen LogP contribution in [0.2, 0.25) is 0 Å². The number of carbonyl (C=O) groups excluding carboxylic acids is 1. The zero-order chi connectivity index (χ0) is 16.5. The lowest BCUT2D eigenvalue weighted by atomic mass is 9.86. The second-order valence-corrected chi connectivity index (χ2v) is 7.70. The summed E-state index contributed by atoms with van der Waals surface area (Å²) >= 11 is 0. The highest BCUT2D eigenvalue weighted by Crippen LogP contribution is 2.49. The van der Waals surface area contributed by atoms with Crippen molar-refractivity contribution >= 4 is 11.6 Å². The molecule has 0 N–H and O–H groups in total. The molecule has 2 aliphatic carbocycles. The maximum atomic E-state index is 12.6. The van der Waals surface area contributed by atoms with Gasteiger partial charge in [-0.2, -0.15) is 0 Å². The molecule has 4 nitrogen and oxygen atoms in total. The maximum Gasteiger partial charge on any atom is 0.222 e. The first-order valence-electron chi connectivity index (χ1n) is 9.39. The van der Waals surface area contributed by atoms with Crippen molar-refractivity contribution in [3.63, 3.8) is 0 Å². The Labute approximate surface area is 144 Å². The molecule has 1 aromatic rings. The molecule has 0 spiro atoms. The van der Waals surface area contributed by atoms with Crippen molar-refractivity contribution < 1.29 is 9.53 Å². The van der Waals surface area contributed by atoms with Crippen LogP contribution in [0.5, 0.6) is 5.75 Å². The van der Waals surface area contributed by atoms with Gasteiger partial charge in [-0.15, -0.1) is 0 Å². The van der Waals surface area contributed by atoms with Crippen molar-refractivity contribution in [2.24, 2.45) is 17.8 Å². The molecule has 0 aromatic heterocycles. The van der Waals surface area contributed by atoms with E-state index in [1.165, 1.54) is 31.4 Å². The Morgan fingerprint density at radius 3 is 2.42 bits per heavy atom. The summed E-state index contributed by atoms with van der Waals surface area (Å²) in [5, 5.41) is 0. The monoisotopic (exact) mass is 328 g/mol. The molecular formula is C20H28N2O2. The standard InChI is InChI=1S/C20H28N2O2/c1-24-19-6-4-18(5-7-19)21-8-10-22(11-9-21)20(23)14-17-13-15-2-3-16(17)12-15/h4-7,15-17H,2-3,8-14H2,1H3/t15-,16+,17+/m0/s1. The number of amides is 1. The molecule has 1 heterocycles. The number of ether oxygens (including phenoxy) is 1. The summed E-state index contributed by atoms with van der Waals surface area (Å²) in [6.07, 6.45) is 6.28. The summed E-state index contributed by atoms with van der Waals surface area (Å²) in [4.78, 5) is 17.1. The molecule has 4 heteroatoms. The van der Waals surface area contributed by atoms with Crippen molar-refractivity contribution in [3.8, 4) is 5.75 Å². The largest absolute Gasteiger partial charge is 0.497 e. The first-order chi connectivity index (χ1) is 11.7. The molecule has 3 fully saturated rings. The molecule has 24 heavy (non-hydrogen) atoms. The van der Waals surface area contributed by atoms with Crippen molar-refractivity contribution in [3.05, 3.63) is 24.3 Å². The van der Waals surface area contributed by atoms with Gasteiger partial charge in [0.25, 0.3) is 0 Å². The van der Waals surface area contributed by atoms with Gasteiger partial charge >= 0.3 is 0 Å². The molecule has 1 saturated heterocycles. The van der Waals surface area contributed by atoms with E-state index < -0.39 is 0 Å². The van der Waals surface area contributed by atoms with Crippen molar-refractivity contribution in [2.45, 2.75) is 32.1 Å². The molecule has 3 atom stereocenters. The highest BCUT2D eigenvalue weighted by molar-refractivity contribution is 5.77. The number of fused-ring (bicyclic) bond motifs is 2. The smallest absolute Gasteiger partial charge is 0.222 e. The van der Waals surface area contributed by atoms with Gasteiger partial charge in [0.2, 0.25) is 5.91 Å². The number of methoxy groups -OCH3 is 1. The minimum absolute atomic E-state index is 0.391. The van der Waals surface area contributed by atoms with Gasteiger partial charge in [0, 0.05) is 38.3 Å². The summed E-state index contributed by atoms with van der Waals surface area (Å²) in [6.45, 7) is 3.56. The van der Waals surface area contributed by atoms with E-state index in [-0.39, 0.29) is 0 Å². The molecular weight excluding hydrogens is 300 g/mol. The third-order valence-corrected chi connectivity index (χ3v) is 6.39. The number of hydrogen-bond donors (Lipinski definition) is 0. The van der Waals surface area contributed by atoms with Crippen molar-refractivity contribution in [1.29, 1.82) is 0 Å². The quantitative estimate of drug-likeness (QED) is 0.851. The number of piperazine rings is 1. The van der Waals surface area contributed by atoms with Crippen LogP contribution in [0.1, 0.15) is 32.1 Å². The predicted octanol–water partition coefficient (Wildman–Crippen LogP) is 3.17. The van der Waals surface area contributed by atoms with Gasteiger partial charge in [0.15, 0.2) is 0 Å². The molecule has 1 aliphatic heterocycles. The van der Waals surface area contributed by atoms with E-state index in [4.69, 9.17) is 4.74 Å². The van der Waals surface area contributed by atoms with Gasteiger partial charge in [0.1, 0.15) is 5.75 Å². The van der Waals surface area contributed by atoms with E-state index >= 15 is 0 Å². The Morgan fingerprint density at radius 1 is 1.08 bits per heavy atom. The number of rotatable bonds is 4. The van der Waals surface area contributed by atoms with Crippen LogP contribution in [-0.2, 0) is 4.79 Å². The van der Waals surface area contributed by atoms with E-state index in [0.717, 1.165) is 50.2 Å². The number of anilines is 1. The predicted molar refractivity (Wildman–Crippen MR) is 95.3 cm³/mol. The van der Waals surface area contributed by atoms with Crippen LogP contribution in [0.15, 0.2) is 24.3 Å². The third kappa shape index (κ3) is 3.11. The Morgan fingerprint density at radius 2 is 1.83 bits per heavy atom. The van der Waals surface area contributed by atoms with Gasteiger partial charge < -0.3 is 14.5 Å². The van der Waals surface area contributed by atoms with Gasteiger partial charge in [-0.05, 0) is 61.3 Å². The first-order valence-corrected chi connectivity index (χ1v) is 9.39. The molecule has 0 radical (unpaired) electrons. The van der Waals surface area contributed by atoms with Crippen molar-refractivity contribution in [2.75, 3.05) is 38.2 Å². The fraction of sp³-hybridized carbons (Fsp3) is 0.650. The Bertz CT molecular complexity index is 578. The zero-order valence-corrected chi connectivity index (χ0v) is 14.6. The van der Waals surface area contributed by atoms with Gasteiger partial charge in [0.05, 0.1) is 7.11 Å². The minimum Gasteiger partial charge on any atom is -0.497 e. The highest BCUT2D eigenvalue weighted by atomic mass is 16.5. The minimum atomic E-state index is 0.391. The van der Waals surface area contributed by atoms with E-state index in [1.54, 1.807) is 7.11 Å². The third-order valence-electron chi connectivity index (χ3n) is 6.39. The lowest BCUT2D eigenvalue weighted by Crippen LogP contribution is -2.49. The summed E-state index contributed by atoms with van der Waals surface area (Å²) < 4.78 is 5.22. The molecule has 2 bridgehead atoms. The lowest BCUT2D eigenvalue weighted by Gasteiger charge is -2.37. The molecule has 4 rings (SSSR count). The van der Waals surface area contributed by atoms with Gasteiger partial charge in [-0.3, -0.25) is 4.79 Å². The highest BCUT2D eigenvalue weighted by Gasteiger charge is 2.40. The van der Waals surface area contributed by atoms with E-state index in [0.29, 0.717) is 11.8 Å². The van der Waals surface area contributed by atoms with Crippen LogP contribution in [0.4, 0.5) is 5.69 Å². The van der Waals surface area contributed by atoms with Crippen molar-refractivity contribution in [1.82, 2.24) is 4.90 Å². The maximum absolute atomic E-state index is 12.6. The summed E-state index contributed by atoms with van der Waals surface area (Å²) in [5.41, 5.74) is 1.22. The molecule has 2 saturated carbocycles. The fourth-order valence-electron chi connectivity index (χ4n) is 4.99. The average molecular weight is 328 g/mol. The summed E-state index contributed by atoms with van der Waals surface area (Å²) in [5.74, 6) is 3.73. The molecule has 0 unspecified atom stereocenters. The number of nitrogens with zero attached hydrogens (tertiary/aromatic N) is 2. The van der Waals surface area contributed by atoms with Crippen LogP contribution < -0.4 is 9.64 Å². The van der Waals surface area contributed by atoms with Crippen LogP contribution >= 0.6 is 0 Å². The number of carbonyl (C=O) groups is 1. The Hall–Kier alpha value is -1.71. The number of benzene rings is 1. The average Bonchev–Trinajstić information content (AvgIpc) is 3.25. The lowest BCUT2D eigenvalue weighted by molar-refractivity contribution is -0.132. The van der Waals surface area contributed by atoms with Gasteiger partial charge in [-0.25, -0.2) is 0 Å². The normalized spacial score (nSPS) is 29.1. The van der Waals surface area contributed by atoms with E-state index in [9.17, 15) is 4.79 Å². The van der Waals surface area contributed by atoms with Crippen LogP contribution in [0.3, 0.4) is 0 Å². The van der Waals surface area contributed by atoms with Gasteiger partial charge in [-0.1, -0.05) is 6.42 Å².